The van der Waals surface area contributed by atoms with Crippen molar-refractivity contribution >= 4 is 24.1 Å². The Bertz CT molecular complexity index is 714. The van der Waals surface area contributed by atoms with E-state index in [0.717, 1.165) is 22.3 Å². The molecule has 0 aliphatic heterocycles. The summed E-state index contributed by atoms with van der Waals surface area (Å²) in [6, 6.07) is 15.5. The van der Waals surface area contributed by atoms with E-state index in [1.165, 1.54) is 12.2 Å². The van der Waals surface area contributed by atoms with Gasteiger partial charge in [-0.1, -0.05) is 59.7 Å². The number of ether oxygens (including phenoxy) is 2. The van der Waals surface area contributed by atoms with E-state index in [-0.39, 0.29) is 13.2 Å². The molecule has 0 heterocycles. The highest BCUT2D eigenvalue weighted by atomic mass is 16.6. The summed E-state index contributed by atoms with van der Waals surface area (Å²) in [7, 11) is 0. The third-order valence-electron chi connectivity index (χ3n) is 3.55. The van der Waals surface area contributed by atoms with Crippen LogP contribution in [0, 0.1) is 13.8 Å². The highest BCUT2D eigenvalue weighted by Gasteiger charge is 2.00. The van der Waals surface area contributed by atoms with Gasteiger partial charge in [0.25, 0.3) is 0 Å². The lowest BCUT2D eigenvalue weighted by molar-refractivity contribution is -0.145. The van der Waals surface area contributed by atoms with Crippen LogP contribution in [0.25, 0.3) is 12.2 Å². The summed E-state index contributed by atoms with van der Waals surface area (Å²) < 4.78 is 9.97. The van der Waals surface area contributed by atoms with Crippen LogP contribution in [0.15, 0.2) is 60.7 Å². The zero-order valence-electron chi connectivity index (χ0n) is 15.0. The van der Waals surface area contributed by atoms with Crippen molar-refractivity contribution in [3.8, 4) is 0 Å². The molecule has 0 aliphatic carbocycles. The molecule has 0 unspecified atom stereocenters. The molecule has 0 saturated carbocycles. The first kappa shape index (κ1) is 19.2. The standard InChI is InChI=1S/C22H22O4/c1-17-3-7-19(8-4-17)11-13-21(23)25-15-16-26-22(24)14-12-20-9-5-18(2)6-10-20/h3-14H,15-16H2,1-2H3/b13-11+,14-12+. The average molecular weight is 350 g/mol. The number of rotatable bonds is 7. The summed E-state index contributed by atoms with van der Waals surface area (Å²) in [5.74, 6) is -0.950. The number of benzene rings is 2. The first-order chi connectivity index (χ1) is 12.5. The Balaban J connectivity index is 1.66. The van der Waals surface area contributed by atoms with Crippen molar-refractivity contribution in [3.63, 3.8) is 0 Å². The maximum atomic E-state index is 11.6. The van der Waals surface area contributed by atoms with E-state index in [1.807, 2.05) is 62.4 Å². The molecule has 0 spiro atoms. The molecule has 2 rings (SSSR count). The van der Waals surface area contributed by atoms with Gasteiger partial charge in [0.15, 0.2) is 0 Å². The van der Waals surface area contributed by atoms with E-state index in [1.54, 1.807) is 12.2 Å². The van der Waals surface area contributed by atoms with Gasteiger partial charge in [0.1, 0.15) is 13.2 Å². The zero-order valence-corrected chi connectivity index (χ0v) is 15.0. The van der Waals surface area contributed by atoms with Crippen molar-refractivity contribution in [2.75, 3.05) is 13.2 Å². The molecule has 0 bridgehead atoms. The quantitative estimate of drug-likeness (QED) is 0.428. The van der Waals surface area contributed by atoms with Crippen LogP contribution >= 0.6 is 0 Å². The average Bonchev–Trinajstić information content (AvgIpc) is 2.64. The van der Waals surface area contributed by atoms with Crippen molar-refractivity contribution in [3.05, 3.63) is 82.9 Å². The Morgan fingerprint density at radius 2 is 1.04 bits per heavy atom. The van der Waals surface area contributed by atoms with Crippen molar-refractivity contribution in [2.45, 2.75) is 13.8 Å². The molecule has 0 amide bonds. The maximum absolute atomic E-state index is 11.6. The van der Waals surface area contributed by atoms with Gasteiger partial charge in [-0.3, -0.25) is 0 Å². The molecule has 2 aromatic rings. The van der Waals surface area contributed by atoms with Gasteiger partial charge in [-0.15, -0.1) is 0 Å². The Morgan fingerprint density at radius 3 is 1.38 bits per heavy atom. The lowest BCUT2D eigenvalue weighted by Gasteiger charge is -2.03. The van der Waals surface area contributed by atoms with Gasteiger partial charge in [0.05, 0.1) is 0 Å². The molecular weight excluding hydrogens is 328 g/mol. The summed E-state index contributed by atoms with van der Waals surface area (Å²) in [6.45, 7) is 4.03. The zero-order chi connectivity index (χ0) is 18.8. The van der Waals surface area contributed by atoms with Crippen LogP contribution < -0.4 is 0 Å². The molecule has 0 fully saturated rings. The second-order valence-electron chi connectivity index (χ2n) is 5.82. The SMILES string of the molecule is Cc1ccc(/C=C/C(=O)OCCOC(=O)/C=C/c2ccc(C)cc2)cc1. The van der Waals surface area contributed by atoms with Crippen molar-refractivity contribution in [2.24, 2.45) is 0 Å². The van der Waals surface area contributed by atoms with Crippen LogP contribution in [0.1, 0.15) is 22.3 Å². The fourth-order valence-corrected chi connectivity index (χ4v) is 2.06. The van der Waals surface area contributed by atoms with E-state index in [0.29, 0.717) is 0 Å². The van der Waals surface area contributed by atoms with Gasteiger partial charge in [-0.2, -0.15) is 0 Å². The minimum Gasteiger partial charge on any atom is -0.459 e. The summed E-state index contributed by atoms with van der Waals surface area (Å²) in [4.78, 5) is 23.2. The third kappa shape index (κ3) is 7.18. The van der Waals surface area contributed by atoms with Crippen LogP contribution in [0.3, 0.4) is 0 Å². The summed E-state index contributed by atoms with van der Waals surface area (Å²) >= 11 is 0. The number of hydrogen-bond acceptors (Lipinski definition) is 4. The van der Waals surface area contributed by atoms with Gasteiger partial charge in [-0.05, 0) is 37.1 Å². The fraction of sp³-hybridized carbons (Fsp3) is 0.182. The summed E-state index contributed by atoms with van der Waals surface area (Å²) in [5, 5.41) is 0. The molecule has 2 aromatic carbocycles. The molecule has 134 valence electrons. The minimum atomic E-state index is -0.475. The third-order valence-corrected chi connectivity index (χ3v) is 3.55. The van der Waals surface area contributed by atoms with Crippen LogP contribution in [0.5, 0.6) is 0 Å². The predicted molar refractivity (Wildman–Crippen MR) is 102 cm³/mol. The number of carbonyl (C=O) groups excluding carboxylic acids is 2. The second-order valence-corrected chi connectivity index (χ2v) is 5.82. The van der Waals surface area contributed by atoms with Crippen LogP contribution in [-0.4, -0.2) is 25.2 Å². The van der Waals surface area contributed by atoms with Crippen LogP contribution in [0.2, 0.25) is 0 Å². The highest BCUT2D eigenvalue weighted by molar-refractivity contribution is 5.87. The number of aryl methyl sites for hydroxylation is 2. The maximum Gasteiger partial charge on any atom is 0.330 e. The van der Waals surface area contributed by atoms with E-state index >= 15 is 0 Å². The number of carbonyl (C=O) groups is 2. The van der Waals surface area contributed by atoms with Gasteiger partial charge in [0.2, 0.25) is 0 Å². The van der Waals surface area contributed by atoms with Crippen molar-refractivity contribution in [1.82, 2.24) is 0 Å². The summed E-state index contributed by atoms with van der Waals surface area (Å²) in [6.07, 6.45) is 6.06. The first-order valence-electron chi connectivity index (χ1n) is 8.36. The van der Waals surface area contributed by atoms with Gasteiger partial charge in [-0.25, -0.2) is 9.59 Å². The lowest BCUT2D eigenvalue weighted by Crippen LogP contribution is -2.11. The Morgan fingerprint density at radius 1 is 0.692 bits per heavy atom. The van der Waals surface area contributed by atoms with E-state index in [4.69, 9.17) is 9.47 Å². The van der Waals surface area contributed by atoms with Gasteiger partial charge >= 0.3 is 11.9 Å². The summed E-state index contributed by atoms with van der Waals surface area (Å²) in [5.41, 5.74) is 4.14. The Labute approximate surface area is 153 Å². The second kappa shape index (κ2) is 9.99. The number of esters is 2. The molecule has 26 heavy (non-hydrogen) atoms. The monoisotopic (exact) mass is 350 g/mol. The molecule has 0 atom stereocenters. The number of hydrogen-bond donors (Lipinski definition) is 0. The molecule has 0 aliphatic rings. The molecule has 0 saturated heterocycles. The molecule has 4 heteroatoms. The minimum absolute atomic E-state index is 0.0151. The van der Waals surface area contributed by atoms with Crippen molar-refractivity contribution < 1.29 is 19.1 Å². The van der Waals surface area contributed by atoms with E-state index < -0.39 is 11.9 Å². The highest BCUT2D eigenvalue weighted by Crippen LogP contribution is 2.06. The molecule has 0 N–H and O–H groups in total. The van der Waals surface area contributed by atoms with Gasteiger partial charge < -0.3 is 9.47 Å². The lowest BCUT2D eigenvalue weighted by atomic mass is 10.1. The predicted octanol–water partition coefficient (Wildman–Crippen LogP) is 4.12. The molecular formula is C22H22O4. The fourth-order valence-electron chi connectivity index (χ4n) is 2.06. The Hall–Kier alpha value is -3.14. The van der Waals surface area contributed by atoms with Crippen molar-refractivity contribution in [1.29, 1.82) is 0 Å². The van der Waals surface area contributed by atoms with Crippen LogP contribution in [0.4, 0.5) is 0 Å². The van der Waals surface area contributed by atoms with E-state index in [9.17, 15) is 9.59 Å². The molecule has 4 nitrogen and oxygen atoms in total. The normalized spacial score (nSPS) is 11.0. The smallest absolute Gasteiger partial charge is 0.330 e. The molecule has 0 aromatic heterocycles. The van der Waals surface area contributed by atoms with Gasteiger partial charge in [0, 0.05) is 12.2 Å². The first-order valence-corrected chi connectivity index (χ1v) is 8.36. The molecule has 0 radical (unpaired) electrons. The topological polar surface area (TPSA) is 52.6 Å². The van der Waals surface area contributed by atoms with Crippen LogP contribution in [-0.2, 0) is 19.1 Å². The Kier molecular flexibility index (Phi) is 7.37. The largest absolute Gasteiger partial charge is 0.459 e. The van der Waals surface area contributed by atoms with E-state index in [2.05, 4.69) is 0 Å².